The molecule has 3 heteroatoms. The van der Waals surface area contributed by atoms with Gasteiger partial charge in [0.25, 0.3) is 0 Å². The van der Waals surface area contributed by atoms with Crippen LogP contribution in [0.2, 0.25) is 0 Å². The molecule has 2 aliphatic heterocycles. The van der Waals surface area contributed by atoms with Crippen molar-refractivity contribution in [1.82, 2.24) is 9.62 Å². The highest BCUT2D eigenvalue weighted by atomic mass is 32.2. The Bertz CT molecular complexity index is 307. The highest BCUT2D eigenvalue weighted by Crippen LogP contribution is 2.35. The summed E-state index contributed by atoms with van der Waals surface area (Å²) in [5.74, 6) is 0. The average molecular weight is 206 g/mol. The van der Waals surface area contributed by atoms with Crippen LogP contribution in [0.25, 0.3) is 0 Å². The normalized spacial score (nSPS) is 26.7. The van der Waals surface area contributed by atoms with Crippen molar-refractivity contribution in [2.24, 2.45) is 0 Å². The predicted molar refractivity (Wildman–Crippen MR) is 59.4 cm³/mol. The van der Waals surface area contributed by atoms with Crippen LogP contribution in [0.3, 0.4) is 0 Å². The molecule has 74 valence electrons. The third-order valence-electron chi connectivity index (χ3n) is 2.94. The zero-order chi connectivity index (χ0) is 9.38. The molecule has 0 saturated carbocycles. The Morgan fingerprint density at radius 3 is 3.29 bits per heavy atom. The first-order chi connectivity index (χ1) is 6.93. The monoisotopic (exact) mass is 206 g/mol. The van der Waals surface area contributed by atoms with Gasteiger partial charge in [0.2, 0.25) is 0 Å². The Balaban J connectivity index is 1.91. The van der Waals surface area contributed by atoms with E-state index < -0.39 is 0 Å². The standard InChI is InChI=1S/C11H14N2S/c1-2-4-11-9(3-1)7-10-8-12-5-6-13(10)14-11/h1-4,10,12H,5-8H2. The molecule has 1 saturated heterocycles. The molecule has 14 heavy (non-hydrogen) atoms. The lowest BCUT2D eigenvalue weighted by molar-refractivity contribution is 0.282. The second kappa shape index (κ2) is 3.57. The molecule has 3 rings (SSSR count). The van der Waals surface area contributed by atoms with E-state index in [1.165, 1.54) is 23.4 Å². The van der Waals surface area contributed by atoms with E-state index in [0.717, 1.165) is 13.1 Å². The van der Waals surface area contributed by atoms with Crippen molar-refractivity contribution in [1.29, 1.82) is 0 Å². The molecule has 0 aliphatic carbocycles. The molecule has 0 radical (unpaired) electrons. The number of piperazine rings is 1. The molecule has 2 nitrogen and oxygen atoms in total. The van der Waals surface area contributed by atoms with E-state index in [4.69, 9.17) is 0 Å². The fourth-order valence-corrected chi connectivity index (χ4v) is 3.32. The van der Waals surface area contributed by atoms with Crippen LogP contribution >= 0.6 is 11.9 Å². The Kier molecular flexibility index (Phi) is 2.24. The van der Waals surface area contributed by atoms with E-state index >= 15 is 0 Å². The van der Waals surface area contributed by atoms with Gasteiger partial charge in [-0.2, -0.15) is 0 Å². The lowest BCUT2D eigenvalue weighted by Crippen LogP contribution is -2.50. The van der Waals surface area contributed by atoms with Gasteiger partial charge >= 0.3 is 0 Å². The van der Waals surface area contributed by atoms with E-state index in [9.17, 15) is 0 Å². The first-order valence-corrected chi connectivity index (χ1v) is 5.94. The van der Waals surface area contributed by atoms with Crippen molar-refractivity contribution >= 4 is 11.9 Å². The van der Waals surface area contributed by atoms with Gasteiger partial charge in [-0.05, 0) is 30.0 Å². The minimum absolute atomic E-state index is 0.698. The Morgan fingerprint density at radius 1 is 1.36 bits per heavy atom. The number of benzene rings is 1. The van der Waals surface area contributed by atoms with Gasteiger partial charge in [-0.25, -0.2) is 4.31 Å². The van der Waals surface area contributed by atoms with Crippen molar-refractivity contribution in [2.45, 2.75) is 17.4 Å². The molecule has 1 aromatic rings. The summed E-state index contributed by atoms with van der Waals surface area (Å²) >= 11 is 1.93. The molecule has 0 aromatic heterocycles. The molecular weight excluding hydrogens is 192 g/mol. The smallest absolute Gasteiger partial charge is 0.0371 e. The number of nitrogens with one attached hydrogen (secondary N) is 1. The second-order valence-electron chi connectivity index (χ2n) is 3.90. The van der Waals surface area contributed by atoms with Crippen molar-refractivity contribution in [2.75, 3.05) is 19.6 Å². The van der Waals surface area contributed by atoms with Gasteiger partial charge in [0.05, 0.1) is 0 Å². The third kappa shape index (κ3) is 1.45. The Labute approximate surface area is 88.8 Å². The SMILES string of the molecule is c1ccc2c(c1)CC1CNCCN1S2. The average Bonchev–Trinajstić information content (AvgIpc) is 2.26. The van der Waals surface area contributed by atoms with Gasteiger partial charge in [0.1, 0.15) is 0 Å². The minimum Gasteiger partial charge on any atom is -0.314 e. The summed E-state index contributed by atoms with van der Waals surface area (Å²) in [6, 6.07) is 9.47. The topological polar surface area (TPSA) is 15.3 Å². The summed E-state index contributed by atoms with van der Waals surface area (Å²) in [4.78, 5) is 1.45. The van der Waals surface area contributed by atoms with Gasteiger partial charge in [0.15, 0.2) is 0 Å². The number of fused-ring (bicyclic) bond motifs is 2. The molecule has 1 atom stereocenters. The number of rotatable bonds is 0. The molecular formula is C11H14N2S. The molecule has 1 aromatic carbocycles. The maximum absolute atomic E-state index is 3.46. The summed E-state index contributed by atoms with van der Waals surface area (Å²) in [5.41, 5.74) is 1.52. The molecule has 0 amide bonds. The van der Waals surface area contributed by atoms with Crippen LogP contribution in [0, 0.1) is 0 Å². The highest BCUT2D eigenvalue weighted by molar-refractivity contribution is 7.97. The quantitative estimate of drug-likeness (QED) is 0.648. The molecule has 1 fully saturated rings. The summed E-state index contributed by atoms with van der Waals surface area (Å²) < 4.78 is 2.53. The summed E-state index contributed by atoms with van der Waals surface area (Å²) in [5, 5.41) is 3.46. The zero-order valence-corrected chi connectivity index (χ0v) is 8.89. The van der Waals surface area contributed by atoms with Crippen molar-refractivity contribution in [3.05, 3.63) is 29.8 Å². The van der Waals surface area contributed by atoms with E-state index in [-0.39, 0.29) is 0 Å². The number of nitrogens with zero attached hydrogens (tertiary/aromatic N) is 1. The third-order valence-corrected chi connectivity index (χ3v) is 4.25. The zero-order valence-electron chi connectivity index (χ0n) is 8.07. The molecule has 1 N–H and O–H groups in total. The molecule has 2 heterocycles. The maximum Gasteiger partial charge on any atom is 0.0371 e. The largest absolute Gasteiger partial charge is 0.314 e. The van der Waals surface area contributed by atoms with E-state index in [1.54, 1.807) is 0 Å². The Hall–Kier alpha value is -0.510. The fourth-order valence-electron chi connectivity index (χ4n) is 2.18. The van der Waals surface area contributed by atoms with Crippen LogP contribution in [0.5, 0.6) is 0 Å². The van der Waals surface area contributed by atoms with Crippen molar-refractivity contribution in [3.63, 3.8) is 0 Å². The van der Waals surface area contributed by atoms with Gasteiger partial charge in [-0.15, -0.1) is 0 Å². The minimum atomic E-state index is 0.698. The van der Waals surface area contributed by atoms with Crippen LogP contribution in [0.1, 0.15) is 5.56 Å². The van der Waals surface area contributed by atoms with Crippen LogP contribution in [-0.4, -0.2) is 30.0 Å². The molecule has 2 aliphatic rings. The summed E-state index contributed by atoms with van der Waals surface area (Å²) in [7, 11) is 0. The molecule has 1 unspecified atom stereocenters. The maximum atomic E-state index is 3.46. The van der Waals surface area contributed by atoms with E-state index in [1.807, 2.05) is 11.9 Å². The first-order valence-electron chi connectivity index (χ1n) is 5.17. The van der Waals surface area contributed by atoms with Crippen LogP contribution in [-0.2, 0) is 6.42 Å². The number of hydrogen-bond acceptors (Lipinski definition) is 3. The van der Waals surface area contributed by atoms with Crippen LogP contribution in [0.4, 0.5) is 0 Å². The molecule has 0 spiro atoms. The van der Waals surface area contributed by atoms with Gasteiger partial charge in [0, 0.05) is 30.6 Å². The van der Waals surface area contributed by atoms with E-state index in [2.05, 4.69) is 33.9 Å². The Morgan fingerprint density at radius 2 is 2.29 bits per heavy atom. The van der Waals surface area contributed by atoms with Gasteiger partial charge in [-0.3, -0.25) is 0 Å². The summed E-state index contributed by atoms with van der Waals surface area (Å²) in [6.07, 6.45) is 1.20. The molecule has 0 bridgehead atoms. The fraction of sp³-hybridized carbons (Fsp3) is 0.455. The van der Waals surface area contributed by atoms with Gasteiger partial charge < -0.3 is 5.32 Å². The van der Waals surface area contributed by atoms with E-state index in [0.29, 0.717) is 6.04 Å². The van der Waals surface area contributed by atoms with Crippen molar-refractivity contribution < 1.29 is 0 Å². The lowest BCUT2D eigenvalue weighted by Gasteiger charge is -2.39. The lowest BCUT2D eigenvalue weighted by atomic mass is 10.0. The number of hydrogen-bond donors (Lipinski definition) is 1. The van der Waals surface area contributed by atoms with Crippen molar-refractivity contribution in [3.8, 4) is 0 Å². The van der Waals surface area contributed by atoms with Crippen LogP contribution in [0.15, 0.2) is 29.2 Å². The van der Waals surface area contributed by atoms with Crippen LogP contribution < -0.4 is 5.32 Å². The summed E-state index contributed by atoms with van der Waals surface area (Å²) in [6.45, 7) is 3.44. The van der Waals surface area contributed by atoms with Gasteiger partial charge in [-0.1, -0.05) is 18.2 Å². The predicted octanol–water partition coefficient (Wildman–Crippen LogP) is 1.52. The highest BCUT2D eigenvalue weighted by Gasteiger charge is 2.28. The first kappa shape index (κ1) is 8.77. The second-order valence-corrected chi connectivity index (χ2v) is 4.99.